The molecule has 4 unspecified atom stereocenters. The van der Waals surface area contributed by atoms with Crippen LogP contribution in [0.4, 0.5) is 0 Å². The third-order valence-electron chi connectivity index (χ3n) is 5.48. The average molecular weight is 343 g/mol. The van der Waals surface area contributed by atoms with Crippen molar-refractivity contribution in [2.75, 3.05) is 6.61 Å². The van der Waals surface area contributed by atoms with Gasteiger partial charge in [-0.15, -0.1) is 11.3 Å². The molecule has 6 heteroatoms. The lowest BCUT2D eigenvalue weighted by atomic mass is 9.85. The number of rotatable bonds is 4. The Hall–Kier alpha value is -1.79. The molecule has 2 aromatic rings. The number of carbonyl (C=O) groups excluding carboxylic acids is 1. The van der Waals surface area contributed by atoms with Gasteiger partial charge in [0.25, 0.3) is 5.91 Å². The summed E-state index contributed by atoms with van der Waals surface area (Å²) in [6.07, 6.45) is 5.21. The summed E-state index contributed by atoms with van der Waals surface area (Å²) in [5.74, 6) is 1.22. The number of amides is 1. The molecular weight excluding hydrogens is 322 g/mol. The molecule has 2 aliphatic rings. The van der Waals surface area contributed by atoms with Crippen LogP contribution in [0.1, 0.15) is 34.6 Å². The summed E-state index contributed by atoms with van der Waals surface area (Å²) in [5.41, 5.74) is 1.53. The number of nitrogens with one attached hydrogen (secondary N) is 1. The zero-order valence-corrected chi connectivity index (χ0v) is 14.4. The fraction of sp³-hybridized carbons (Fsp3) is 0.500. The maximum atomic E-state index is 12.8. The quantitative estimate of drug-likeness (QED) is 0.895. The first kappa shape index (κ1) is 15.7. The molecule has 0 aromatic carbocycles. The highest BCUT2D eigenvalue weighted by Crippen LogP contribution is 2.48. The minimum atomic E-state index is -0.0665. The molecule has 5 nitrogen and oxygen atoms in total. The fourth-order valence-corrected chi connectivity index (χ4v) is 5.27. The number of nitrogens with zero attached hydrogens (tertiary/aromatic N) is 2. The Morgan fingerprint density at radius 1 is 1.38 bits per heavy atom. The third kappa shape index (κ3) is 2.63. The first-order valence-corrected chi connectivity index (χ1v) is 9.29. The van der Waals surface area contributed by atoms with Crippen LogP contribution in [0, 0.1) is 24.7 Å². The Labute approximate surface area is 145 Å². The fourth-order valence-electron chi connectivity index (χ4n) is 4.32. The number of pyridine rings is 1. The maximum absolute atomic E-state index is 12.8. The van der Waals surface area contributed by atoms with E-state index in [4.69, 9.17) is 0 Å². The predicted molar refractivity (Wildman–Crippen MR) is 92.7 cm³/mol. The predicted octanol–water partition coefficient (Wildman–Crippen LogP) is 2.65. The van der Waals surface area contributed by atoms with E-state index in [1.165, 1.54) is 17.8 Å². The van der Waals surface area contributed by atoms with Crippen LogP contribution in [0.15, 0.2) is 24.4 Å². The van der Waals surface area contributed by atoms with Crippen molar-refractivity contribution < 1.29 is 9.90 Å². The number of hydrogen-bond acceptors (Lipinski definition) is 5. The molecule has 0 spiro atoms. The molecule has 2 bridgehead atoms. The Bertz CT molecular complexity index is 746. The van der Waals surface area contributed by atoms with Gasteiger partial charge in [-0.05, 0) is 50.2 Å². The van der Waals surface area contributed by atoms with Gasteiger partial charge in [0, 0.05) is 24.8 Å². The molecule has 0 saturated heterocycles. The first-order valence-electron chi connectivity index (χ1n) is 8.48. The number of thiazole rings is 1. The van der Waals surface area contributed by atoms with Crippen LogP contribution in [0.2, 0.25) is 0 Å². The summed E-state index contributed by atoms with van der Waals surface area (Å²) >= 11 is 1.38. The zero-order chi connectivity index (χ0) is 16.7. The summed E-state index contributed by atoms with van der Waals surface area (Å²) in [6.45, 7) is 2.02. The van der Waals surface area contributed by atoms with E-state index in [0.717, 1.165) is 29.2 Å². The van der Waals surface area contributed by atoms with E-state index in [2.05, 4.69) is 15.3 Å². The minimum absolute atomic E-state index is 0.0665. The number of fused-ring (bicyclic) bond motifs is 2. The van der Waals surface area contributed by atoms with Gasteiger partial charge in [0.05, 0.1) is 11.4 Å². The van der Waals surface area contributed by atoms with E-state index in [9.17, 15) is 9.90 Å². The summed E-state index contributed by atoms with van der Waals surface area (Å²) < 4.78 is 0. The molecule has 0 radical (unpaired) electrons. The molecule has 24 heavy (non-hydrogen) atoms. The molecule has 2 saturated carbocycles. The van der Waals surface area contributed by atoms with Gasteiger partial charge in [-0.25, -0.2) is 4.98 Å². The summed E-state index contributed by atoms with van der Waals surface area (Å²) in [5, 5.41) is 13.6. The largest absolute Gasteiger partial charge is 0.396 e. The van der Waals surface area contributed by atoms with Crippen molar-refractivity contribution >= 4 is 17.2 Å². The average Bonchev–Trinajstić information content (AvgIpc) is 3.30. The number of aliphatic hydroxyl groups is 1. The van der Waals surface area contributed by atoms with E-state index >= 15 is 0 Å². The topological polar surface area (TPSA) is 75.1 Å². The van der Waals surface area contributed by atoms with Gasteiger partial charge in [-0.1, -0.05) is 6.07 Å². The summed E-state index contributed by atoms with van der Waals surface area (Å²) in [4.78, 5) is 22.2. The highest BCUT2D eigenvalue weighted by Gasteiger charge is 2.47. The van der Waals surface area contributed by atoms with Gasteiger partial charge >= 0.3 is 0 Å². The normalized spacial score (nSPS) is 28.2. The number of hydrogen-bond donors (Lipinski definition) is 2. The van der Waals surface area contributed by atoms with Crippen molar-refractivity contribution in [3.8, 4) is 10.7 Å². The van der Waals surface area contributed by atoms with Gasteiger partial charge in [-0.3, -0.25) is 9.78 Å². The molecule has 2 aromatic heterocycles. The molecule has 2 N–H and O–H groups in total. The summed E-state index contributed by atoms with van der Waals surface area (Å²) in [6, 6.07) is 5.78. The monoisotopic (exact) mass is 343 g/mol. The van der Waals surface area contributed by atoms with Crippen LogP contribution in [-0.2, 0) is 0 Å². The highest BCUT2D eigenvalue weighted by atomic mass is 32.1. The van der Waals surface area contributed by atoms with Crippen molar-refractivity contribution in [3.05, 3.63) is 35.0 Å². The molecule has 126 valence electrons. The minimum Gasteiger partial charge on any atom is -0.396 e. The highest BCUT2D eigenvalue weighted by molar-refractivity contribution is 7.17. The van der Waals surface area contributed by atoms with E-state index in [1.807, 2.05) is 25.1 Å². The molecule has 4 atom stereocenters. The van der Waals surface area contributed by atoms with Crippen molar-refractivity contribution in [1.29, 1.82) is 0 Å². The van der Waals surface area contributed by atoms with Gasteiger partial charge in [-0.2, -0.15) is 0 Å². The summed E-state index contributed by atoms with van der Waals surface area (Å²) in [7, 11) is 0. The molecular formula is C18H21N3O2S. The van der Waals surface area contributed by atoms with Crippen LogP contribution < -0.4 is 5.32 Å². The Balaban J connectivity index is 1.54. The van der Waals surface area contributed by atoms with Crippen molar-refractivity contribution in [3.63, 3.8) is 0 Å². The molecule has 2 heterocycles. The Kier molecular flexibility index (Phi) is 4.10. The van der Waals surface area contributed by atoms with E-state index in [1.54, 1.807) is 6.20 Å². The van der Waals surface area contributed by atoms with E-state index in [-0.39, 0.29) is 24.5 Å². The molecule has 0 aliphatic heterocycles. The molecule has 1 amide bonds. The Morgan fingerprint density at radius 2 is 2.21 bits per heavy atom. The van der Waals surface area contributed by atoms with Crippen LogP contribution in [0.25, 0.3) is 10.7 Å². The zero-order valence-electron chi connectivity index (χ0n) is 13.6. The van der Waals surface area contributed by atoms with Crippen molar-refractivity contribution in [2.24, 2.45) is 17.8 Å². The maximum Gasteiger partial charge on any atom is 0.263 e. The number of aryl methyl sites for hydroxylation is 1. The SMILES string of the molecule is Cc1nc(-c2ccccn2)sc1C(=O)NC1C2CCC(C2)C1CO. The number of aliphatic hydroxyl groups excluding tert-OH is 1. The van der Waals surface area contributed by atoms with Crippen molar-refractivity contribution in [1.82, 2.24) is 15.3 Å². The van der Waals surface area contributed by atoms with Gasteiger partial charge in [0.15, 0.2) is 0 Å². The second-order valence-electron chi connectivity index (χ2n) is 6.83. The number of carbonyl (C=O) groups is 1. The van der Waals surface area contributed by atoms with Crippen LogP contribution in [0.5, 0.6) is 0 Å². The second kappa shape index (κ2) is 6.26. The van der Waals surface area contributed by atoms with E-state index in [0.29, 0.717) is 16.7 Å². The lowest BCUT2D eigenvalue weighted by molar-refractivity contribution is 0.0865. The van der Waals surface area contributed by atoms with Gasteiger partial charge in [0.2, 0.25) is 0 Å². The second-order valence-corrected chi connectivity index (χ2v) is 7.83. The van der Waals surface area contributed by atoms with Crippen LogP contribution in [0.3, 0.4) is 0 Å². The smallest absolute Gasteiger partial charge is 0.263 e. The first-order chi connectivity index (χ1) is 11.7. The van der Waals surface area contributed by atoms with Gasteiger partial charge < -0.3 is 10.4 Å². The van der Waals surface area contributed by atoms with E-state index < -0.39 is 0 Å². The lowest BCUT2D eigenvalue weighted by Crippen LogP contribution is -2.45. The molecule has 2 aliphatic carbocycles. The number of aromatic nitrogens is 2. The standard InChI is InChI=1S/C18H21N3O2S/c1-10-16(24-18(20-10)14-4-2-3-7-19-14)17(23)21-15-12-6-5-11(8-12)13(15)9-22/h2-4,7,11-13,15,22H,5-6,8-9H2,1H3,(H,21,23). The van der Waals surface area contributed by atoms with Crippen molar-refractivity contribution in [2.45, 2.75) is 32.2 Å². The van der Waals surface area contributed by atoms with Crippen LogP contribution in [-0.4, -0.2) is 33.6 Å². The lowest BCUT2D eigenvalue weighted by Gasteiger charge is -2.30. The van der Waals surface area contributed by atoms with Crippen LogP contribution >= 0.6 is 11.3 Å². The molecule has 4 rings (SSSR count). The third-order valence-corrected chi connectivity index (χ3v) is 6.66. The van der Waals surface area contributed by atoms with Gasteiger partial charge in [0.1, 0.15) is 9.88 Å². The Morgan fingerprint density at radius 3 is 2.96 bits per heavy atom. The molecule has 2 fully saturated rings.